The van der Waals surface area contributed by atoms with Crippen LogP contribution in [0.5, 0.6) is 0 Å². The van der Waals surface area contributed by atoms with E-state index < -0.39 is 31.1 Å². The number of hydrogen-bond acceptors (Lipinski definition) is 6. The van der Waals surface area contributed by atoms with Gasteiger partial charge in [-0.25, -0.2) is 8.42 Å². The monoisotopic (exact) mass is 246 g/mol. The van der Waals surface area contributed by atoms with Gasteiger partial charge in [0.25, 0.3) is 0 Å². The highest BCUT2D eigenvalue weighted by atomic mass is 32.2. The second-order valence-electron chi connectivity index (χ2n) is 2.94. The van der Waals surface area contributed by atoms with Crippen molar-refractivity contribution in [1.29, 1.82) is 0 Å². The first kappa shape index (κ1) is 12.0. The largest absolute Gasteiger partial charge is 0.347 e. The fraction of sp³-hybridized carbons (Fsp3) is 0.143. The Morgan fingerprint density at radius 1 is 1.06 bits per heavy atom. The number of sulfone groups is 1. The molecule has 0 aliphatic heterocycles. The molecule has 1 aromatic carbocycles. The molecule has 8 nitrogen and oxygen atoms in total. The summed E-state index contributed by atoms with van der Waals surface area (Å²) in [4.78, 5) is 18.7. The maximum atomic E-state index is 11.1. The van der Waals surface area contributed by atoms with E-state index in [1.165, 1.54) is 0 Å². The van der Waals surface area contributed by atoms with Gasteiger partial charge < -0.3 is 0 Å². The van der Waals surface area contributed by atoms with Crippen molar-refractivity contribution in [1.82, 2.24) is 0 Å². The van der Waals surface area contributed by atoms with Crippen LogP contribution < -0.4 is 0 Å². The second kappa shape index (κ2) is 3.85. The summed E-state index contributed by atoms with van der Waals surface area (Å²) in [5, 5.41) is 21.0. The van der Waals surface area contributed by atoms with Gasteiger partial charge in [0.2, 0.25) is 0 Å². The molecule has 9 heteroatoms. The third-order valence-electron chi connectivity index (χ3n) is 1.77. The van der Waals surface area contributed by atoms with E-state index in [1.807, 2.05) is 0 Å². The summed E-state index contributed by atoms with van der Waals surface area (Å²) >= 11 is 0. The summed E-state index contributed by atoms with van der Waals surface area (Å²) in [6, 6.07) is 2.43. The average Bonchev–Trinajstić information content (AvgIpc) is 2.15. The third kappa shape index (κ3) is 2.31. The van der Waals surface area contributed by atoms with Gasteiger partial charge in [0.05, 0.1) is 14.7 Å². The topological polar surface area (TPSA) is 120 Å². The zero-order valence-corrected chi connectivity index (χ0v) is 8.80. The van der Waals surface area contributed by atoms with Gasteiger partial charge in [-0.1, -0.05) is 0 Å². The lowest BCUT2D eigenvalue weighted by Gasteiger charge is -1.98. The van der Waals surface area contributed by atoms with Crippen LogP contribution in [-0.2, 0) is 9.84 Å². The fourth-order valence-electron chi connectivity index (χ4n) is 1.03. The van der Waals surface area contributed by atoms with Gasteiger partial charge in [-0.15, -0.1) is 0 Å². The molecule has 0 saturated carbocycles. The van der Waals surface area contributed by atoms with Gasteiger partial charge in [-0.2, -0.15) is 0 Å². The molecule has 86 valence electrons. The zero-order chi connectivity index (χ0) is 12.5. The lowest BCUT2D eigenvalue weighted by atomic mass is 10.3. The van der Waals surface area contributed by atoms with Gasteiger partial charge >= 0.3 is 11.4 Å². The maximum Gasteiger partial charge on any atom is 0.347 e. The molecule has 0 bridgehead atoms. The van der Waals surface area contributed by atoms with Gasteiger partial charge in [0.15, 0.2) is 9.84 Å². The average molecular weight is 246 g/mol. The lowest BCUT2D eigenvalue weighted by molar-refractivity contribution is -0.422. The quantitative estimate of drug-likeness (QED) is 0.577. The Bertz CT molecular complexity index is 564. The zero-order valence-electron chi connectivity index (χ0n) is 7.98. The molecule has 0 aromatic heterocycles. The van der Waals surface area contributed by atoms with Crippen molar-refractivity contribution >= 4 is 21.2 Å². The summed E-state index contributed by atoms with van der Waals surface area (Å²) in [6.07, 6.45) is 0.859. The standard InChI is InChI=1S/C7H6N2O6S/c1-16(14,15)5-2-3-6(8(10)11)7(4-5)9(12)13/h2-4H,1H3. The van der Waals surface area contributed by atoms with Crippen molar-refractivity contribution in [3.63, 3.8) is 0 Å². The Morgan fingerprint density at radius 3 is 1.94 bits per heavy atom. The number of nitrogens with zero attached hydrogens (tertiary/aromatic N) is 2. The number of hydrogen-bond donors (Lipinski definition) is 0. The number of rotatable bonds is 3. The van der Waals surface area contributed by atoms with E-state index >= 15 is 0 Å². The minimum Gasteiger partial charge on any atom is -0.258 e. The third-order valence-corrected chi connectivity index (χ3v) is 2.88. The van der Waals surface area contributed by atoms with Crippen molar-refractivity contribution in [2.45, 2.75) is 4.90 Å². The highest BCUT2D eigenvalue weighted by Gasteiger charge is 2.26. The van der Waals surface area contributed by atoms with E-state index in [1.54, 1.807) is 0 Å². The van der Waals surface area contributed by atoms with Crippen LogP contribution in [0.2, 0.25) is 0 Å². The van der Waals surface area contributed by atoms with Crippen molar-refractivity contribution in [2.75, 3.05) is 6.26 Å². The first-order chi connectivity index (χ1) is 7.23. The van der Waals surface area contributed by atoms with Crippen molar-refractivity contribution in [3.05, 3.63) is 38.4 Å². The number of nitro benzene ring substituents is 2. The Morgan fingerprint density at radius 2 is 1.56 bits per heavy atom. The molecule has 0 heterocycles. The van der Waals surface area contributed by atoms with E-state index in [9.17, 15) is 28.6 Å². The lowest BCUT2D eigenvalue weighted by Crippen LogP contribution is -2.01. The first-order valence-corrected chi connectivity index (χ1v) is 5.75. The molecule has 0 aliphatic rings. The van der Waals surface area contributed by atoms with Gasteiger partial charge in [0.1, 0.15) is 0 Å². The van der Waals surface area contributed by atoms with E-state index in [2.05, 4.69) is 0 Å². The van der Waals surface area contributed by atoms with E-state index in [0.29, 0.717) is 6.07 Å². The highest BCUT2D eigenvalue weighted by molar-refractivity contribution is 7.90. The van der Waals surface area contributed by atoms with Crippen LogP contribution in [0.1, 0.15) is 0 Å². The van der Waals surface area contributed by atoms with E-state index in [0.717, 1.165) is 18.4 Å². The predicted molar refractivity (Wildman–Crippen MR) is 52.9 cm³/mol. The minimum atomic E-state index is -3.63. The fourth-order valence-corrected chi connectivity index (χ4v) is 1.68. The highest BCUT2D eigenvalue weighted by Crippen LogP contribution is 2.28. The first-order valence-electron chi connectivity index (χ1n) is 3.86. The van der Waals surface area contributed by atoms with Crippen LogP contribution in [0.15, 0.2) is 23.1 Å². The minimum absolute atomic E-state index is 0.329. The number of nitro groups is 2. The normalized spacial score (nSPS) is 11.1. The van der Waals surface area contributed by atoms with Gasteiger partial charge in [0, 0.05) is 18.4 Å². The Balaban J connectivity index is 3.52. The van der Waals surface area contributed by atoms with Crippen molar-refractivity contribution in [3.8, 4) is 0 Å². The molecule has 0 radical (unpaired) electrons. The Hall–Kier alpha value is -2.03. The summed E-state index contributed by atoms with van der Waals surface area (Å²) in [5.41, 5.74) is -1.58. The molecule has 1 aromatic rings. The summed E-state index contributed by atoms with van der Waals surface area (Å²) < 4.78 is 22.2. The van der Waals surface area contributed by atoms with E-state index in [-0.39, 0.29) is 4.90 Å². The molecule has 0 unspecified atom stereocenters. The van der Waals surface area contributed by atoms with Crippen LogP contribution in [0.25, 0.3) is 0 Å². The molecule has 0 aliphatic carbocycles. The smallest absolute Gasteiger partial charge is 0.258 e. The van der Waals surface area contributed by atoms with Gasteiger partial charge in [-0.3, -0.25) is 20.2 Å². The SMILES string of the molecule is CS(=O)(=O)c1ccc([N+](=O)[O-])c([N+](=O)[O-])c1. The summed E-state index contributed by atoms with van der Waals surface area (Å²) in [5.74, 6) is 0. The maximum absolute atomic E-state index is 11.1. The molecule has 0 atom stereocenters. The van der Waals surface area contributed by atoms with Crippen LogP contribution in [0.4, 0.5) is 11.4 Å². The second-order valence-corrected chi connectivity index (χ2v) is 4.95. The molecular formula is C7H6N2O6S. The van der Waals surface area contributed by atoms with Crippen LogP contribution in [0, 0.1) is 20.2 Å². The predicted octanol–water partition coefficient (Wildman–Crippen LogP) is 0.907. The molecular weight excluding hydrogens is 240 g/mol. The summed E-state index contributed by atoms with van der Waals surface area (Å²) in [7, 11) is -3.63. The molecule has 16 heavy (non-hydrogen) atoms. The van der Waals surface area contributed by atoms with Crippen LogP contribution in [-0.4, -0.2) is 24.5 Å². The Kier molecular flexibility index (Phi) is 2.90. The van der Waals surface area contributed by atoms with Crippen LogP contribution >= 0.6 is 0 Å². The molecule has 0 spiro atoms. The van der Waals surface area contributed by atoms with Crippen LogP contribution in [0.3, 0.4) is 0 Å². The summed E-state index contributed by atoms with van der Waals surface area (Å²) in [6.45, 7) is 0. The van der Waals surface area contributed by atoms with Crippen molar-refractivity contribution in [2.24, 2.45) is 0 Å². The van der Waals surface area contributed by atoms with E-state index in [4.69, 9.17) is 0 Å². The number of benzene rings is 1. The molecule has 0 saturated heterocycles. The van der Waals surface area contributed by atoms with Gasteiger partial charge in [-0.05, 0) is 6.07 Å². The van der Waals surface area contributed by atoms with Crippen molar-refractivity contribution < 1.29 is 18.3 Å². The molecule has 0 amide bonds. The molecule has 0 N–H and O–H groups in total. The molecule has 1 rings (SSSR count). The molecule has 0 fully saturated rings. The Labute approximate surface area is 89.7 Å².